The number of nitrogens with one attached hydrogen (secondary N) is 2. The van der Waals surface area contributed by atoms with Gasteiger partial charge < -0.3 is 10.6 Å². The predicted molar refractivity (Wildman–Crippen MR) is 100 cm³/mol. The number of rotatable bonds is 4. The summed E-state index contributed by atoms with van der Waals surface area (Å²) < 4.78 is 0. The number of carbonyl (C=O) groups excluding carboxylic acids is 2. The fraction of sp³-hybridized carbons (Fsp3) is 0.350. The number of amides is 2. The van der Waals surface area contributed by atoms with E-state index in [-0.39, 0.29) is 6.04 Å². The Hall–Kier alpha value is -2.73. The van der Waals surface area contributed by atoms with Crippen molar-refractivity contribution in [1.82, 2.24) is 15.2 Å². The Morgan fingerprint density at radius 2 is 1.81 bits per heavy atom. The third-order valence-corrected chi connectivity index (χ3v) is 4.62. The molecule has 0 radical (unpaired) electrons. The molecule has 0 aliphatic carbocycles. The number of anilines is 1. The molecule has 1 fully saturated rings. The average Bonchev–Trinajstić information content (AvgIpc) is 2.66. The lowest BCUT2D eigenvalue weighted by molar-refractivity contribution is -0.136. The number of nitrogens with zero attached hydrogens (tertiary/aromatic N) is 2. The van der Waals surface area contributed by atoms with E-state index in [1.54, 1.807) is 12.3 Å². The van der Waals surface area contributed by atoms with Crippen molar-refractivity contribution < 1.29 is 9.59 Å². The minimum atomic E-state index is -0.668. The Labute approximate surface area is 153 Å². The first-order chi connectivity index (χ1) is 12.6. The average molecular weight is 352 g/mol. The smallest absolute Gasteiger partial charge is 0.314 e. The van der Waals surface area contributed by atoms with E-state index < -0.39 is 11.8 Å². The highest BCUT2D eigenvalue weighted by Gasteiger charge is 2.23. The Bertz CT molecular complexity index is 755. The van der Waals surface area contributed by atoms with Gasteiger partial charge in [-0.1, -0.05) is 36.4 Å². The summed E-state index contributed by atoms with van der Waals surface area (Å²) in [6.45, 7) is 4.56. The highest BCUT2D eigenvalue weighted by Crippen LogP contribution is 2.14. The summed E-state index contributed by atoms with van der Waals surface area (Å²) in [5.41, 5.74) is 2.11. The minimum absolute atomic E-state index is 0.0325. The summed E-state index contributed by atoms with van der Waals surface area (Å²) in [5.74, 6) is -0.847. The van der Waals surface area contributed by atoms with Crippen molar-refractivity contribution in [2.45, 2.75) is 32.4 Å². The zero-order valence-corrected chi connectivity index (χ0v) is 14.9. The van der Waals surface area contributed by atoms with E-state index in [4.69, 9.17) is 0 Å². The molecule has 136 valence electrons. The van der Waals surface area contributed by atoms with Gasteiger partial charge in [-0.05, 0) is 37.0 Å². The van der Waals surface area contributed by atoms with Crippen LogP contribution < -0.4 is 10.6 Å². The SMILES string of the molecule is Cc1cccnc1NC(=O)C(=O)NC1CCN(Cc2ccccc2)CC1. The number of carbonyl (C=O) groups is 2. The van der Waals surface area contributed by atoms with E-state index in [9.17, 15) is 9.59 Å². The minimum Gasteiger partial charge on any atom is -0.345 e. The maximum atomic E-state index is 12.1. The van der Waals surface area contributed by atoms with Gasteiger partial charge in [-0.15, -0.1) is 0 Å². The van der Waals surface area contributed by atoms with Crippen molar-refractivity contribution in [2.75, 3.05) is 18.4 Å². The van der Waals surface area contributed by atoms with E-state index in [1.807, 2.05) is 31.2 Å². The number of pyridine rings is 1. The molecule has 0 spiro atoms. The maximum Gasteiger partial charge on any atom is 0.314 e. The molecule has 0 unspecified atom stereocenters. The van der Waals surface area contributed by atoms with Crippen LogP contribution in [0.2, 0.25) is 0 Å². The van der Waals surface area contributed by atoms with Crippen LogP contribution in [0.15, 0.2) is 48.7 Å². The van der Waals surface area contributed by atoms with E-state index in [0.717, 1.165) is 38.0 Å². The number of likely N-dealkylation sites (tertiary alicyclic amines) is 1. The first kappa shape index (κ1) is 18.1. The van der Waals surface area contributed by atoms with Crippen LogP contribution in [0.4, 0.5) is 5.82 Å². The summed E-state index contributed by atoms with van der Waals surface area (Å²) in [7, 11) is 0. The molecule has 1 aromatic heterocycles. The maximum absolute atomic E-state index is 12.1. The summed E-state index contributed by atoms with van der Waals surface area (Å²) in [4.78, 5) is 30.7. The van der Waals surface area contributed by atoms with Crippen LogP contribution in [-0.2, 0) is 16.1 Å². The van der Waals surface area contributed by atoms with Gasteiger partial charge in [0, 0.05) is 31.9 Å². The molecule has 2 heterocycles. The quantitative estimate of drug-likeness (QED) is 0.827. The predicted octanol–water partition coefficient (Wildman–Crippen LogP) is 2.11. The molecule has 1 saturated heterocycles. The highest BCUT2D eigenvalue weighted by atomic mass is 16.2. The van der Waals surface area contributed by atoms with E-state index >= 15 is 0 Å². The number of hydrogen-bond acceptors (Lipinski definition) is 4. The molecule has 6 heteroatoms. The lowest BCUT2D eigenvalue weighted by Gasteiger charge is -2.32. The van der Waals surface area contributed by atoms with Gasteiger partial charge in [-0.25, -0.2) is 4.98 Å². The molecule has 2 amide bonds. The van der Waals surface area contributed by atoms with Gasteiger partial charge in [0.05, 0.1) is 0 Å². The lowest BCUT2D eigenvalue weighted by atomic mass is 10.0. The topological polar surface area (TPSA) is 74.3 Å². The van der Waals surface area contributed by atoms with Gasteiger partial charge in [-0.2, -0.15) is 0 Å². The molecular formula is C20H24N4O2. The molecule has 1 aromatic carbocycles. The van der Waals surface area contributed by atoms with Crippen LogP contribution in [0.5, 0.6) is 0 Å². The molecular weight excluding hydrogens is 328 g/mol. The molecule has 0 bridgehead atoms. The molecule has 0 atom stereocenters. The normalized spacial score (nSPS) is 15.4. The summed E-state index contributed by atoms with van der Waals surface area (Å²) in [6.07, 6.45) is 3.27. The second kappa shape index (κ2) is 8.58. The molecule has 1 aliphatic heterocycles. The largest absolute Gasteiger partial charge is 0.345 e. The molecule has 3 rings (SSSR count). The Balaban J connectivity index is 1.44. The third kappa shape index (κ3) is 4.89. The second-order valence-corrected chi connectivity index (χ2v) is 6.63. The number of benzene rings is 1. The zero-order valence-electron chi connectivity index (χ0n) is 14.9. The standard InChI is InChI=1S/C20H24N4O2/c1-15-6-5-11-21-18(15)23-20(26)19(25)22-17-9-12-24(13-10-17)14-16-7-3-2-4-8-16/h2-8,11,17H,9-10,12-14H2,1H3,(H,22,25)(H,21,23,26). The molecule has 0 saturated carbocycles. The van der Waals surface area contributed by atoms with E-state index in [2.05, 4.69) is 32.7 Å². The first-order valence-corrected chi connectivity index (χ1v) is 8.91. The van der Waals surface area contributed by atoms with E-state index in [0.29, 0.717) is 5.82 Å². The van der Waals surface area contributed by atoms with Crippen LogP contribution in [0.25, 0.3) is 0 Å². The van der Waals surface area contributed by atoms with Crippen molar-refractivity contribution in [2.24, 2.45) is 0 Å². The number of aryl methyl sites for hydroxylation is 1. The van der Waals surface area contributed by atoms with Gasteiger partial charge in [0.15, 0.2) is 0 Å². The van der Waals surface area contributed by atoms with Crippen LogP contribution in [0.1, 0.15) is 24.0 Å². The monoisotopic (exact) mass is 352 g/mol. The Kier molecular flexibility index (Phi) is 5.96. The van der Waals surface area contributed by atoms with Gasteiger partial charge in [0.1, 0.15) is 5.82 Å². The zero-order chi connectivity index (χ0) is 18.4. The van der Waals surface area contributed by atoms with Gasteiger partial charge in [0.2, 0.25) is 0 Å². The number of hydrogen-bond donors (Lipinski definition) is 2. The number of aromatic nitrogens is 1. The molecule has 2 N–H and O–H groups in total. The van der Waals surface area contributed by atoms with Crippen molar-refractivity contribution in [3.05, 3.63) is 59.8 Å². The van der Waals surface area contributed by atoms with Crippen molar-refractivity contribution in [3.63, 3.8) is 0 Å². The first-order valence-electron chi connectivity index (χ1n) is 8.91. The van der Waals surface area contributed by atoms with Crippen LogP contribution >= 0.6 is 0 Å². The molecule has 6 nitrogen and oxygen atoms in total. The van der Waals surface area contributed by atoms with Crippen LogP contribution in [0.3, 0.4) is 0 Å². The Morgan fingerprint density at radius 1 is 1.08 bits per heavy atom. The second-order valence-electron chi connectivity index (χ2n) is 6.63. The van der Waals surface area contributed by atoms with Gasteiger partial charge >= 0.3 is 11.8 Å². The molecule has 1 aliphatic rings. The van der Waals surface area contributed by atoms with Crippen molar-refractivity contribution in [1.29, 1.82) is 0 Å². The lowest BCUT2D eigenvalue weighted by Crippen LogP contribution is -2.47. The van der Waals surface area contributed by atoms with Crippen LogP contribution in [0, 0.1) is 6.92 Å². The molecule has 2 aromatic rings. The molecule has 26 heavy (non-hydrogen) atoms. The fourth-order valence-electron chi connectivity index (χ4n) is 3.11. The summed E-state index contributed by atoms with van der Waals surface area (Å²) in [5, 5.41) is 5.41. The third-order valence-electron chi connectivity index (χ3n) is 4.62. The number of piperidine rings is 1. The van der Waals surface area contributed by atoms with Gasteiger partial charge in [-0.3, -0.25) is 14.5 Å². The van der Waals surface area contributed by atoms with Crippen molar-refractivity contribution >= 4 is 17.6 Å². The Morgan fingerprint density at radius 3 is 2.50 bits per heavy atom. The van der Waals surface area contributed by atoms with E-state index in [1.165, 1.54) is 5.56 Å². The highest BCUT2D eigenvalue weighted by molar-refractivity contribution is 6.39. The van der Waals surface area contributed by atoms with Gasteiger partial charge in [0.25, 0.3) is 0 Å². The van der Waals surface area contributed by atoms with Crippen LogP contribution in [-0.4, -0.2) is 40.8 Å². The fourth-order valence-corrected chi connectivity index (χ4v) is 3.11. The van der Waals surface area contributed by atoms with Crippen molar-refractivity contribution in [3.8, 4) is 0 Å². The summed E-state index contributed by atoms with van der Waals surface area (Å²) >= 11 is 0. The summed E-state index contributed by atoms with van der Waals surface area (Å²) in [6, 6.07) is 14.0.